The van der Waals surface area contributed by atoms with Gasteiger partial charge < -0.3 is 14.2 Å². The van der Waals surface area contributed by atoms with Gasteiger partial charge in [0.05, 0.1) is 19.3 Å². The van der Waals surface area contributed by atoms with Crippen molar-refractivity contribution in [2.75, 3.05) is 13.2 Å². The number of nitrogens with zero attached hydrogens (tertiary/aromatic N) is 1. The van der Waals surface area contributed by atoms with E-state index in [9.17, 15) is 4.79 Å². The first-order chi connectivity index (χ1) is 13.8. The summed E-state index contributed by atoms with van der Waals surface area (Å²) in [6, 6.07) is 20.0. The molecule has 3 atom stereocenters. The Labute approximate surface area is 165 Å². The summed E-state index contributed by atoms with van der Waals surface area (Å²) < 4.78 is 17.9. The van der Waals surface area contributed by atoms with E-state index in [0.717, 1.165) is 17.5 Å². The molecule has 0 unspecified atom stereocenters. The van der Waals surface area contributed by atoms with Crippen molar-refractivity contribution < 1.29 is 19.0 Å². The lowest BCUT2D eigenvalue weighted by molar-refractivity contribution is -0.0921. The molecule has 4 rings (SSSR count). The number of hydrogen-bond donors (Lipinski definition) is 0. The molecule has 1 amide bonds. The summed E-state index contributed by atoms with van der Waals surface area (Å²) in [6.45, 7) is 1.92. The normalized spacial score (nSPS) is 25.5. The van der Waals surface area contributed by atoms with Crippen molar-refractivity contribution in [2.24, 2.45) is 0 Å². The zero-order valence-corrected chi connectivity index (χ0v) is 15.8. The van der Waals surface area contributed by atoms with Crippen LogP contribution in [0.25, 0.3) is 0 Å². The maximum absolute atomic E-state index is 12.2. The first-order valence-corrected chi connectivity index (χ1v) is 9.72. The summed E-state index contributed by atoms with van der Waals surface area (Å²) in [6.07, 6.45) is 4.09. The Balaban J connectivity index is 1.52. The Morgan fingerprint density at radius 2 is 1.57 bits per heavy atom. The minimum atomic E-state index is -0.299. The first-order valence-electron chi connectivity index (χ1n) is 9.72. The highest BCUT2D eigenvalue weighted by molar-refractivity contribution is 5.70. The lowest BCUT2D eigenvalue weighted by Crippen LogP contribution is -2.50. The van der Waals surface area contributed by atoms with Crippen LogP contribution in [-0.2, 0) is 27.4 Å². The van der Waals surface area contributed by atoms with E-state index in [1.807, 2.05) is 60.7 Å². The fourth-order valence-electron chi connectivity index (χ4n) is 3.66. The average molecular weight is 379 g/mol. The van der Waals surface area contributed by atoms with Gasteiger partial charge in [0, 0.05) is 6.54 Å². The van der Waals surface area contributed by atoms with Gasteiger partial charge in [0.1, 0.15) is 18.8 Å². The maximum atomic E-state index is 12.2. The van der Waals surface area contributed by atoms with Crippen LogP contribution in [0.3, 0.4) is 0 Å². The van der Waals surface area contributed by atoms with Crippen LogP contribution in [0.2, 0.25) is 0 Å². The van der Waals surface area contributed by atoms with E-state index in [4.69, 9.17) is 14.2 Å². The van der Waals surface area contributed by atoms with Gasteiger partial charge in [-0.2, -0.15) is 0 Å². The third-order valence-electron chi connectivity index (χ3n) is 5.15. The van der Waals surface area contributed by atoms with Crippen molar-refractivity contribution in [3.8, 4) is 0 Å². The minimum absolute atomic E-state index is 0.151. The molecule has 2 aromatic carbocycles. The summed E-state index contributed by atoms with van der Waals surface area (Å²) in [5.41, 5.74) is 2.20. The van der Waals surface area contributed by atoms with Crippen molar-refractivity contribution >= 4 is 6.09 Å². The average Bonchev–Trinajstić information content (AvgIpc) is 3.08. The molecule has 2 aromatic rings. The molecule has 5 nitrogen and oxygen atoms in total. The molecule has 28 heavy (non-hydrogen) atoms. The quantitative estimate of drug-likeness (QED) is 0.714. The van der Waals surface area contributed by atoms with Gasteiger partial charge in [-0.15, -0.1) is 0 Å². The van der Waals surface area contributed by atoms with Crippen molar-refractivity contribution in [3.05, 3.63) is 83.9 Å². The summed E-state index contributed by atoms with van der Waals surface area (Å²) in [4.78, 5) is 13.9. The molecule has 0 aliphatic carbocycles. The number of amides is 1. The molecule has 5 heteroatoms. The molecule has 1 fully saturated rings. The Hall–Kier alpha value is -2.63. The predicted molar refractivity (Wildman–Crippen MR) is 106 cm³/mol. The lowest BCUT2D eigenvalue weighted by Gasteiger charge is -2.34. The predicted octanol–water partition coefficient (Wildman–Crippen LogP) is 3.94. The topological polar surface area (TPSA) is 48.0 Å². The van der Waals surface area contributed by atoms with Crippen LogP contribution in [-0.4, -0.2) is 42.4 Å². The van der Waals surface area contributed by atoms with Crippen molar-refractivity contribution in [1.82, 2.24) is 4.90 Å². The Bertz CT molecular complexity index is 793. The van der Waals surface area contributed by atoms with Crippen molar-refractivity contribution in [3.63, 3.8) is 0 Å². The second-order valence-corrected chi connectivity index (χ2v) is 7.08. The molecule has 0 saturated carbocycles. The summed E-state index contributed by atoms with van der Waals surface area (Å²) in [5, 5.41) is 0. The highest BCUT2D eigenvalue weighted by Gasteiger charge is 2.42. The summed E-state index contributed by atoms with van der Waals surface area (Å²) in [5.74, 6) is 0. The van der Waals surface area contributed by atoms with Gasteiger partial charge in [-0.25, -0.2) is 4.79 Å². The van der Waals surface area contributed by atoms with Gasteiger partial charge in [-0.05, 0) is 17.5 Å². The third-order valence-corrected chi connectivity index (χ3v) is 5.15. The Morgan fingerprint density at radius 3 is 2.25 bits per heavy atom. The van der Waals surface area contributed by atoms with E-state index in [0.29, 0.717) is 26.4 Å². The first kappa shape index (κ1) is 18.7. The van der Waals surface area contributed by atoms with Gasteiger partial charge in [-0.3, -0.25) is 4.90 Å². The van der Waals surface area contributed by atoms with E-state index >= 15 is 0 Å². The number of rotatable bonds is 6. The maximum Gasteiger partial charge on any atom is 0.410 e. The second kappa shape index (κ2) is 9.04. The van der Waals surface area contributed by atoms with Gasteiger partial charge in [0.25, 0.3) is 0 Å². The van der Waals surface area contributed by atoms with Gasteiger partial charge in [0.2, 0.25) is 0 Å². The van der Waals surface area contributed by atoms with Crippen LogP contribution in [0, 0.1) is 0 Å². The molecule has 1 saturated heterocycles. The molecule has 0 N–H and O–H groups in total. The van der Waals surface area contributed by atoms with Crippen molar-refractivity contribution in [1.29, 1.82) is 0 Å². The van der Waals surface area contributed by atoms with E-state index in [2.05, 4.69) is 12.2 Å². The van der Waals surface area contributed by atoms with Crippen LogP contribution in [0.4, 0.5) is 4.79 Å². The minimum Gasteiger partial charge on any atom is -0.447 e. The van der Waals surface area contributed by atoms with E-state index in [1.54, 1.807) is 4.90 Å². The number of ether oxygens (including phenoxy) is 3. The molecule has 0 spiro atoms. The molecule has 2 aliphatic rings. The zero-order chi connectivity index (χ0) is 19.2. The highest BCUT2D eigenvalue weighted by Crippen LogP contribution is 2.26. The van der Waals surface area contributed by atoms with Crippen LogP contribution in [0.15, 0.2) is 72.8 Å². The van der Waals surface area contributed by atoms with Crippen LogP contribution in [0.5, 0.6) is 0 Å². The van der Waals surface area contributed by atoms with E-state index < -0.39 is 0 Å². The highest BCUT2D eigenvalue weighted by atomic mass is 16.6. The Morgan fingerprint density at radius 1 is 0.929 bits per heavy atom. The van der Waals surface area contributed by atoms with E-state index in [1.165, 1.54) is 0 Å². The number of carbonyl (C=O) groups excluding carboxylic acids is 1. The van der Waals surface area contributed by atoms with Gasteiger partial charge >= 0.3 is 6.09 Å². The zero-order valence-electron chi connectivity index (χ0n) is 15.8. The number of cyclic esters (lactones) is 1. The van der Waals surface area contributed by atoms with Crippen LogP contribution in [0.1, 0.15) is 17.5 Å². The summed E-state index contributed by atoms with van der Waals surface area (Å²) in [7, 11) is 0. The fourth-order valence-corrected chi connectivity index (χ4v) is 3.66. The molecule has 146 valence electrons. The standard InChI is InChI=1S/C23H25NO4/c25-23-24-14-8-7-13-21(26-15-18-9-3-1-4-10-18)22(20(24)17-28-23)27-16-19-11-5-2-6-12-19/h1-7,9-13,20-22H,8,14-17H2/b13-7-/t20-,21-,22-/m1/s1. The molecule has 2 heterocycles. The fraction of sp³-hybridized carbons (Fsp3) is 0.348. The number of fused-ring (bicyclic) bond motifs is 1. The van der Waals surface area contributed by atoms with Crippen LogP contribution < -0.4 is 0 Å². The summed E-state index contributed by atoms with van der Waals surface area (Å²) >= 11 is 0. The van der Waals surface area contributed by atoms with Gasteiger partial charge in [-0.1, -0.05) is 72.8 Å². The monoisotopic (exact) mass is 379 g/mol. The Kier molecular flexibility index (Phi) is 6.04. The van der Waals surface area contributed by atoms with E-state index in [-0.39, 0.29) is 24.3 Å². The number of hydrogen-bond acceptors (Lipinski definition) is 4. The number of benzene rings is 2. The molecular weight excluding hydrogens is 354 g/mol. The van der Waals surface area contributed by atoms with Crippen LogP contribution >= 0.6 is 0 Å². The third kappa shape index (κ3) is 4.43. The second-order valence-electron chi connectivity index (χ2n) is 7.08. The van der Waals surface area contributed by atoms with Crippen molar-refractivity contribution in [2.45, 2.75) is 37.9 Å². The molecule has 0 aromatic heterocycles. The molecule has 0 radical (unpaired) electrons. The van der Waals surface area contributed by atoms with Gasteiger partial charge in [0.15, 0.2) is 0 Å². The molecule has 0 bridgehead atoms. The largest absolute Gasteiger partial charge is 0.447 e. The molecular formula is C23H25NO4. The lowest BCUT2D eigenvalue weighted by atomic mass is 10.0. The number of carbonyl (C=O) groups is 1. The molecule has 2 aliphatic heterocycles. The smallest absolute Gasteiger partial charge is 0.410 e. The SMILES string of the molecule is O=C1OC[C@@H]2[C@@H](OCc3ccccc3)[C@H](OCc3ccccc3)/C=C\CCN12.